The Bertz CT molecular complexity index is 981. The van der Waals surface area contributed by atoms with Crippen LogP contribution < -0.4 is 4.57 Å². The summed E-state index contributed by atoms with van der Waals surface area (Å²) in [6.45, 7) is 5.57. The second-order valence-electron chi connectivity index (χ2n) is 5.99. The molecule has 0 bridgehead atoms. The first kappa shape index (κ1) is 15.2. The topological polar surface area (TPSA) is 27.7 Å². The predicted octanol–water partition coefficient (Wildman–Crippen LogP) is 4.27. The Hall–Kier alpha value is -2.73. The van der Waals surface area contributed by atoms with Gasteiger partial charge in [-0.15, -0.1) is 0 Å². The summed E-state index contributed by atoms with van der Waals surface area (Å²) in [5.74, 6) is -0.138. The van der Waals surface area contributed by atoms with Crippen LogP contribution in [-0.4, -0.2) is 0 Å². The van der Waals surface area contributed by atoms with Gasteiger partial charge in [0.15, 0.2) is 6.20 Å². The molecule has 0 fully saturated rings. The first-order chi connectivity index (χ1) is 10.9. The molecule has 0 radical (unpaired) electrons. The quantitative estimate of drug-likeness (QED) is 0.617. The van der Waals surface area contributed by atoms with E-state index in [0.717, 1.165) is 27.6 Å². The minimum atomic E-state index is -0.138. The molecule has 3 rings (SSSR count). The molecular weight excluding hydrogens is 287 g/mol. The molecule has 0 aliphatic heterocycles. The molecule has 0 N–H and O–H groups in total. The highest BCUT2D eigenvalue weighted by molar-refractivity contribution is 5.94. The molecular formula is C20H18FN2+. The fraction of sp³-hybridized carbons (Fsp3) is 0.200. The van der Waals surface area contributed by atoms with Crippen LogP contribution in [0.1, 0.15) is 22.3 Å². The lowest BCUT2D eigenvalue weighted by atomic mass is 9.93. The molecule has 3 heteroatoms. The van der Waals surface area contributed by atoms with Crippen molar-refractivity contribution in [1.82, 2.24) is 0 Å². The van der Waals surface area contributed by atoms with Crippen LogP contribution in [-0.2, 0) is 7.05 Å². The van der Waals surface area contributed by atoms with Crippen LogP contribution in [0.4, 0.5) is 4.39 Å². The number of fused-ring (bicyclic) bond motifs is 1. The van der Waals surface area contributed by atoms with Gasteiger partial charge in [-0.25, -0.2) is 8.96 Å². The van der Waals surface area contributed by atoms with Gasteiger partial charge in [0.25, 0.3) is 0 Å². The number of benzene rings is 2. The third kappa shape index (κ3) is 2.37. The van der Waals surface area contributed by atoms with Crippen molar-refractivity contribution in [3.63, 3.8) is 0 Å². The lowest BCUT2D eigenvalue weighted by molar-refractivity contribution is -0.659. The number of hydrogen-bond donors (Lipinski definition) is 0. The molecule has 0 saturated heterocycles. The number of hydrogen-bond acceptors (Lipinski definition) is 1. The normalized spacial score (nSPS) is 10.8. The molecule has 2 nitrogen and oxygen atoms in total. The fourth-order valence-electron chi connectivity index (χ4n) is 3.07. The van der Waals surface area contributed by atoms with Gasteiger partial charge < -0.3 is 0 Å². The third-order valence-electron chi connectivity index (χ3n) is 4.52. The number of nitriles is 1. The zero-order valence-corrected chi connectivity index (χ0v) is 13.7. The summed E-state index contributed by atoms with van der Waals surface area (Å²) >= 11 is 0. The zero-order chi connectivity index (χ0) is 16.7. The maximum Gasteiger partial charge on any atom is 0.220 e. The van der Waals surface area contributed by atoms with Crippen LogP contribution >= 0.6 is 0 Å². The Morgan fingerprint density at radius 2 is 1.78 bits per heavy atom. The Morgan fingerprint density at radius 1 is 1.04 bits per heavy atom. The molecule has 0 spiro atoms. The summed E-state index contributed by atoms with van der Waals surface area (Å²) in [5.41, 5.74) is 4.98. The maximum absolute atomic E-state index is 14.2. The molecule has 0 aliphatic rings. The molecule has 1 heterocycles. The van der Waals surface area contributed by atoms with Crippen molar-refractivity contribution in [1.29, 1.82) is 5.26 Å². The minimum Gasteiger partial charge on any atom is -0.206 e. The third-order valence-corrected chi connectivity index (χ3v) is 4.52. The van der Waals surface area contributed by atoms with Crippen molar-refractivity contribution in [2.45, 2.75) is 20.8 Å². The Balaban J connectivity index is 2.41. The average molecular weight is 305 g/mol. The number of halogens is 1. The van der Waals surface area contributed by atoms with Crippen molar-refractivity contribution in [2.75, 3.05) is 0 Å². The molecule has 114 valence electrons. The molecule has 3 aromatic rings. The summed E-state index contributed by atoms with van der Waals surface area (Å²) in [6.07, 6.45) is 1.98. The standard InChI is InChI=1S/C20H18FN2/c1-12-9-18(13(2)14(3)19(12)21)20-17-6-5-15(11-22)10-16(17)7-8-23(20)4/h5-10H,1-4H3/q+1. The van der Waals surface area contributed by atoms with Crippen LogP contribution in [0, 0.1) is 37.9 Å². The second kappa shape index (κ2) is 5.48. The largest absolute Gasteiger partial charge is 0.220 e. The fourth-order valence-corrected chi connectivity index (χ4v) is 3.07. The Kier molecular flexibility index (Phi) is 3.61. The Labute approximate surface area is 135 Å². The lowest BCUT2D eigenvalue weighted by Crippen LogP contribution is -2.31. The van der Waals surface area contributed by atoms with E-state index in [1.165, 1.54) is 0 Å². The first-order valence-electron chi connectivity index (χ1n) is 7.53. The number of pyridine rings is 1. The van der Waals surface area contributed by atoms with E-state index in [2.05, 4.69) is 6.07 Å². The highest BCUT2D eigenvalue weighted by atomic mass is 19.1. The summed E-state index contributed by atoms with van der Waals surface area (Å²) in [5, 5.41) is 11.2. The van der Waals surface area contributed by atoms with Gasteiger partial charge in [0.1, 0.15) is 12.9 Å². The van der Waals surface area contributed by atoms with Gasteiger partial charge in [-0.3, -0.25) is 0 Å². The van der Waals surface area contributed by atoms with Crippen molar-refractivity contribution < 1.29 is 8.96 Å². The Morgan fingerprint density at radius 3 is 2.48 bits per heavy atom. The molecule has 0 saturated carbocycles. The monoisotopic (exact) mass is 305 g/mol. The van der Waals surface area contributed by atoms with Gasteiger partial charge in [0.05, 0.1) is 22.6 Å². The van der Waals surface area contributed by atoms with E-state index in [1.807, 2.05) is 62.0 Å². The van der Waals surface area contributed by atoms with E-state index in [4.69, 9.17) is 5.26 Å². The summed E-state index contributed by atoms with van der Waals surface area (Å²) < 4.78 is 16.2. The van der Waals surface area contributed by atoms with E-state index in [1.54, 1.807) is 6.92 Å². The van der Waals surface area contributed by atoms with E-state index >= 15 is 0 Å². The SMILES string of the molecule is Cc1cc(-c2c3ccc(C#N)cc3cc[n+]2C)c(C)c(C)c1F. The number of aryl methyl sites for hydroxylation is 2. The zero-order valence-electron chi connectivity index (χ0n) is 13.7. The second-order valence-corrected chi connectivity index (χ2v) is 5.99. The van der Waals surface area contributed by atoms with E-state index in [9.17, 15) is 4.39 Å². The van der Waals surface area contributed by atoms with E-state index in [-0.39, 0.29) is 5.82 Å². The van der Waals surface area contributed by atoms with E-state index < -0.39 is 0 Å². The first-order valence-corrected chi connectivity index (χ1v) is 7.53. The van der Waals surface area contributed by atoms with Crippen molar-refractivity contribution in [2.24, 2.45) is 7.05 Å². The minimum absolute atomic E-state index is 0.138. The number of nitrogens with zero attached hydrogens (tertiary/aromatic N) is 2. The average Bonchev–Trinajstić information content (AvgIpc) is 2.56. The van der Waals surface area contributed by atoms with Gasteiger partial charge in [0.2, 0.25) is 5.69 Å². The van der Waals surface area contributed by atoms with Gasteiger partial charge in [-0.1, -0.05) is 0 Å². The van der Waals surface area contributed by atoms with Crippen LogP contribution in [0.5, 0.6) is 0 Å². The summed E-state index contributed by atoms with van der Waals surface area (Å²) in [6, 6.07) is 11.8. The van der Waals surface area contributed by atoms with Crippen molar-refractivity contribution in [3.8, 4) is 17.3 Å². The van der Waals surface area contributed by atoms with Gasteiger partial charge in [-0.05, 0) is 67.1 Å². The smallest absolute Gasteiger partial charge is 0.206 e. The summed E-state index contributed by atoms with van der Waals surface area (Å²) in [4.78, 5) is 0. The predicted molar refractivity (Wildman–Crippen MR) is 89.4 cm³/mol. The molecule has 1 aromatic heterocycles. The maximum atomic E-state index is 14.2. The van der Waals surface area contributed by atoms with Crippen LogP contribution in [0.3, 0.4) is 0 Å². The van der Waals surface area contributed by atoms with Crippen LogP contribution in [0.2, 0.25) is 0 Å². The van der Waals surface area contributed by atoms with Crippen molar-refractivity contribution >= 4 is 10.8 Å². The van der Waals surface area contributed by atoms with Crippen molar-refractivity contribution in [3.05, 3.63) is 64.6 Å². The number of rotatable bonds is 1. The molecule has 0 aliphatic carbocycles. The van der Waals surface area contributed by atoms with Crippen LogP contribution in [0.15, 0.2) is 36.5 Å². The van der Waals surface area contributed by atoms with Gasteiger partial charge in [-0.2, -0.15) is 5.26 Å². The molecule has 0 amide bonds. The van der Waals surface area contributed by atoms with Crippen LogP contribution in [0.25, 0.3) is 22.0 Å². The molecule has 23 heavy (non-hydrogen) atoms. The lowest BCUT2D eigenvalue weighted by Gasteiger charge is -2.12. The van der Waals surface area contributed by atoms with Gasteiger partial charge >= 0.3 is 0 Å². The highest BCUT2D eigenvalue weighted by Crippen LogP contribution is 2.32. The molecule has 2 aromatic carbocycles. The van der Waals surface area contributed by atoms with E-state index in [0.29, 0.717) is 16.7 Å². The molecule has 0 unspecified atom stereocenters. The number of aromatic nitrogens is 1. The highest BCUT2D eigenvalue weighted by Gasteiger charge is 2.20. The molecule has 0 atom stereocenters. The van der Waals surface area contributed by atoms with Gasteiger partial charge in [0, 0.05) is 6.07 Å². The summed E-state index contributed by atoms with van der Waals surface area (Å²) in [7, 11) is 1.99.